The summed E-state index contributed by atoms with van der Waals surface area (Å²) in [6, 6.07) is 9.13. The molecule has 4 amide bonds. The first-order chi connectivity index (χ1) is 13.0. The van der Waals surface area contributed by atoms with Crippen LogP contribution >= 0.6 is 11.3 Å². The third-order valence-electron chi connectivity index (χ3n) is 3.88. The zero-order chi connectivity index (χ0) is 19.4. The second kappa shape index (κ2) is 8.00. The minimum absolute atomic E-state index is 0.231. The molecule has 140 valence electrons. The topological polar surface area (TPSA) is 105 Å². The van der Waals surface area contributed by atoms with E-state index < -0.39 is 24.0 Å². The standard InChI is InChI=1S/C18H17N3O5S/c1-11(16(23)21-9-8-19-18(21)25)26-17(24)12-4-6-13(7-5-12)20-15(22)14-3-2-10-27-14/h2-7,10-11H,8-9H2,1H3,(H,19,25)(H,20,22)/t11-/m0/s1. The lowest BCUT2D eigenvalue weighted by Gasteiger charge is -2.18. The van der Waals surface area contributed by atoms with E-state index >= 15 is 0 Å². The van der Waals surface area contributed by atoms with Gasteiger partial charge in [0, 0.05) is 18.8 Å². The lowest BCUT2D eigenvalue weighted by atomic mass is 10.2. The van der Waals surface area contributed by atoms with Crippen LogP contribution in [-0.2, 0) is 9.53 Å². The minimum Gasteiger partial charge on any atom is -0.449 e. The summed E-state index contributed by atoms with van der Waals surface area (Å²) in [5, 5.41) is 7.05. The molecule has 1 aromatic carbocycles. The van der Waals surface area contributed by atoms with Gasteiger partial charge in [-0.05, 0) is 42.6 Å². The summed E-state index contributed by atoms with van der Waals surface area (Å²) >= 11 is 1.33. The number of urea groups is 1. The van der Waals surface area contributed by atoms with E-state index in [1.165, 1.54) is 30.4 Å². The number of hydrogen-bond donors (Lipinski definition) is 2. The summed E-state index contributed by atoms with van der Waals surface area (Å²) in [5.41, 5.74) is 0.762. The number of amides is 4. The molecule has 2 aromatic rings. The van der Waals surface area contributed by atoms with Gasteiger partial charge in [-0.15, -0.1) is 11.3 Å². The molecule has 0 unspecified atom stereocenters. The van der Waals surface area contributed by atoms with Crippen molar-refractivity contribution in [3.05, 3.63) is 52.2 Å². The molecule has 1 aliphatic heterocycles. The van der Waals surface area contributed by atoms with Crippen LogP contribution in [0.15, 0.2) is 41.8 Å². The third-order valence-corrected chi connectivity index (χ3v) is 4.75. The Balaban J connectivity index is 1.57. The molecule has 0 aliphatic carbocycles. The van der Waals surface area contributed by atoms with Gasteiger partial charge in [-0.3, -0.25) is 14.5 Å². The average molecular weight is 387 g/mol. The molecule has 8 nitrogen and oxygen atoms in total. The van der Waals surface area contributed by atoms with Gasteiger partial charge in [0.05, 0.1) is 10.4 Å². The number of thiophene rings is 1. The maximum atomic E-state index is 12.2. The molecule has 2 N–H and O–H groups in total. The van der Waals surface area contributed by atoms with Crippen LogP contribution in [0.1, 0.15) is 27.0 Å². The van der Waals surface area contributed by atoms with Crippen molar-refractivity contribution in [3.8, 4) is 0 Å². The van der Waals surface area contributed by atoms with Crippen molar-refractivity contribution in [2.45, 2.75) is 13.0 Å². The molecular weight excluding hydrogens is 370 g/mol. The van der Waals surface area contributed by atoms with Crippen molar-refractivity contribution < 1.29 is 23.9 Å². The van der Waals surface area contributed by atoms with E-state index in [9.17, 15) is 19.2 Å². The van der Waals surface area contributed by atoms with Crippen LogP contribution in [0.5, 0.6) is 0 Å². The fourth-order valence-corrected chi connectivity index (χ4v) is 3.09. The molecular formula is C18H17N3O5S. The molecule has 0 radical (unpaired) electrons. The van der Waals surface area contributed by atoms with Crippen molar-refractivity contribution >= 4 is 40.8 Å². The van der Waals surface area contributed by atoms with Crippen LogP contribution in [-0.4, -0.2) is 47.9 Å². The lowest BCUT2D eigenvalue weighted by molar-refractivity contribution is -0.136. The van der Waals surface area contributed by atoms with E-state index in [4.69, 9.17) is 4.74 Å². The van der Waals surface area contributed by atoms with Gasteiger partial charge in [0.2, 0.25) is 0 Å². The Kier molecular flexibility index (Phi) is 5.51. The third kappa shape index (κ3) is 4.32. The highest BCUT2D eigenvalue weighted by molar-refractivity contribution is 7.12. The molecule has 0 bridgehead atoms. The number of carbonyl (C=O) groups is 4. The van der Waals surface area contributed by atoms with E-state index in [1.54, 1.807) is 24.3 Å². The van der Waals surface area contributed by atoms with Gasteiger partial charge >= 0.3 is 12.0 Å². The molecule has 3 rings (SSSR count). The maximum Gasteiger partial charge on any atom is 0.338 e. The summed E-state index contributed by atoms with van der Waals surface area (Å²) in [4.78, 5) is 49.5. The highest BCUT2D eigenvalue weighted by Crippen LogP contribution is 2.15. The van der Waals surface area contributed by atoms with Crippen molar-refractivity contribution in [1.29, 1.82) is 0 Å². The van der Waals surface area contributed by atoms with E-state index in [0.29, 0.717) is 17.1 Å². The number of imide groups is 1. The minimum atomic E-state index is -1.08. The number of nitrogens with one attached hydrogen (secondary N) is 2. The molecule has 1 atom stereocenters. The Morgan fingerprint density at radius 1 is 1.22 bits per heavy atom. The van der Waals surface area contributed by atoms with Crippen molar-refractivity contribution in [3.63, 3.8) is 0 Å². The van der Waals surface area contributed by atoms with Gasteiger partial charge in [0.1, 0.15) is 0 Å². The number of hydrogen-bond acceptors (Lipinski definition) is 6. The van der Waals surface area contributed by atoms with Crippen LogP contribution in [0, 0.1) is 0 Å². The molecule has 1 aliphatic rings. The fraction of sp³-hybridized carbons (Fsp3) is 0.222. The quantitative estimate of drug-likeness (QED) is 0.765. The molecule has 1 aromatic heterocycles. The first-order valence-electron chi connectivity index (χ1n) is 8.21. The maximum absolute atomic E-state index is 12.2. The monoisotopic (exact) mass is 387 g/mol. The van der Waals surface area contributed by atoms with Gasteiger partial charge in [0.15, 0.2) is 6.10 Å². The Morgan fingerprint density at radius 3 is 2.56 bits per heavy atom. The van der Waals surface area contributed by atoms with Crippen molar-refractivity contribution in [2.24, 2.45) is 0 Å². The van der Waals surface area contributed by atoms with Crippen molar-refractivity contribution in [1.82, 2.24) is 10.2 Å². The summed E-state index contributed by atoms with van der Waals surface area (Å²) in [6.45, 7) is 2.05. The largest absolute Gasteiger partial charge is 0.449 e. The first kappa shape index (κ1) is 18.6. The van der Waals surface area contributed by atoms with Gasteiger partial charge in [-0.1, -0.05) is 6.07 Å². The Morgan fingerprint density at radius 2 is 1.96 bits per heavy atom. The number of rotatable bonds is 5. The number of esters is 1. The molecule has 0 spiro atoms. The summed E-state index contributed by atoms with van der Waals surface area (Å²) in [5.74, 6) is -1.49. The van der Waals surface area contributed by atoms with Crippen molar-refractivity contribution in [2.75, 3.05) is 18.4 Å². The van der Waals surface area contributed by atoms with Crippen LogP contribution in [0.25, 0.3) is 0 Å². The van der Waals surface area contributed by atoms with Crippen LogP contribution < -0.4 is 10.6 Å². The Bertz CT molecular complexity index is 864. The Labute approximate surface area is 159 Å². The highest BCUT2D eigenvalue weighted by Gasteiger charge is 2.31. The van der Waals surface area contributed by atoms with Gasteiger partial charge in [-0.2, -0.15) is 0 Å². The van der Waals surface area contributed by atoms with Crippen LogP contribution in [0.4, 0.5) is 10.5 Å². The fourth-order valence-electron chi connectivity index (χ4n) is 2.47. The number of carbonyl (C=O) groups excluding carboxylic acids is 4. The number of nitrogens with zero attached hydrogens (tertiary/aromatic N) is 1. The molecule has 2 heterocycles. The predicted molar refractivity (Wildman–Crippen MR) is 98.7 cm³/mol. The number of anilines is 1. The van der Waals surface area contributed by atoms with E-state index in [1.807, 2.05) is 5.38 Å². The Hall–Kier alpha value is -3.20. The average Bonchev–Trinajstić information content (AvgIpc) is 3.33. The summed E-state index contributed by atoms with van der Waals surface area (Å²) < 4.78 is 5.14. The van der Waals surface area contributed by atoms with E-state index in [0.717, 1.165) is 4.90 Å². The molecule has 1 fully saturated rings. The van der Waals surface area contributed by atoms with E-state index in [-0.39, 0.29) is 18.0 Å². The highest BCUT2D eigenvalue weighted by atomic mass is 32.1. The number of ether oxygens (including phenoxy) is 1. The summed E-state index contributed by atoms with van der Waals surface area (Å²) in [7, 11) is 0. The van der Waals surface area contributed by atoms with Gasteiger partial charge < -0.3 is 15.4 Å². The van der Waals surface area contributed by atoms with Crippen LogP contribution in [0.2, 0.25) is 0 Å². The van der Waals surface area contributed by atoms with E-state index in [2.05, 4.69) is 10.6 Å². The van der Waals surface area contributed by atoms with Crippen LogP contribution in [0.3, 0.4) is 0 Å². The second-order valence-electron chi connectivity index (χ2n) is 5.78. The van der Waals surface area contributed by atoms with Gasteiger partial charge in [-0.25, -0.2) is 9.59 Å². The number of benzene rings is 1. The lowest BCUT2D eigenvalue weighted by Crippen LogP contribution is -2.41. The summed E-state index contributed by atoms with van der Waals surface area (Å²) in [6.07, 6.45) is -1.08. The zero-order valence-corrected chi connectivity index (χ0v) is 15.2. The normalized spacial score (nSPS) is 14.4. The zero-order valence-electron chi connectivity index (χ0n) is 14.4. The smallest absolute Gasteiger partial charge is 0.338 e. The molecule has 27 heavy (non-hydrogen) atoms. The SMILES string of the molecule is C[C@H](OC(=O)c1ccc(NC(=O)c2cccs2)cc1)C(=O)N1CCNC1=O. The molecule has 9 heteroatoms. The second-order valence-corrected chi connectivity index (χ2v) is 6.73. The first-order valence-corrected chi connectivity index (χ1v) is 9.09. The molecule has 0 saturated carbocycles. The molecule has 1 saturated heterocycles. The van der Waals surface area contributed by atoms with Gasteiger partial charge in [0.25, 0.3) is 11.8 Å². The predicted octanol–water partition coefficient (Wildman–Crippen LogP) is 2.10.